The van der Waals surface area contributed by atoms with Crippen molar-refractivity contribution in [2.24, 2.45) is 0 Å². The molecule has 0 unspecified atom stereocenters. The molecule has 2 aromatic heterocycles. The van der Waals surface area contributed by atoms with Crippen molar-refractivity contribution < 1.29 is 9.90 Å². The van der Waals surface area contributed by atoms with E-state index < -0.39 is 5.97 Å². The van der Waals surface area contributed by atoms with Gasteiger partial charge >= 0.3 is 5.97 Å². The molecule has 1 N–H and O–H groups in total. The Balaban J connectivity index is 2.86. The average molecular weight is 241 g/mol. The van der Waals surface area contributed by atoms with E-state index in [0.29, 0.717) is 5.65 Å². The van der Waals surface area contributed by atoms with Gasteiger partial charge in [0.15, 0.2) is 5.65 Å². The molecule has 5 heteroatoms. The number of carboxylic acid groups (broad SMARTS) is 1. The van der Waals surface area contributed by atoms with Crippen LogP contribution in [0.3, 0.4) is 0 Å². The molecular weight excluding hydrogens is 236 g/mol. The van der Waals surface area contributed by atoms with Crippen molar-refractivity contribution in [2.75, 3.05) is 0 Å². The molecule has 0 aliphatic carbocycles. The predicted molar refractivity (Wildman–Crippen MR) is 49.9 cm³/mol. The van der Waals surface area contributed by atoms with Crippen LogP contribution in [0.25, 0.3) is 5.65 Å². The van der Waals surface area contributed by atoms with Gasteiger partial charge in [0, 0.05) is 12.4 Å². The lowest BCUT2D eigenvalue weighted by Crippen LogP contribution is -2.04. The summed E-state index contributed by atoms with van der Waals surface area (Å²) in [6.45, 7) is 0. The second kappa shape index (κ2) is 2.85. The van der Waals surface area contributed by atoms with Crippen molar-refractivity contribution in [3.05, 3.63) is 34.7 Å². The quantitative estimate of drug-likeness (QED) is 0.828. The van der Waals surface area contributed by atoms with E-state index in [1.54, 1.807) is 18.5 Å². The molecule has 0 amide bonds. The van der Waals surface area contributed by atoms with E-state index in [9.17, 15) is 4.79 Å². The molecule has 0 bridgehead atoms. The lowest BCUT2D eigenvalue weighted by atomic mass is 10.3. The first kappa shape index (κ1) is 8.25. The van der Waals surface area contributed by atoms with Crippen LogP contribution in [0.4, 0.5) is 0 Å². The van der Waals surface area contributed by atoms with Crippen LogP contribution in [0.5, 0.6) is 0 Å². The Labute approximate surface area is 82.0 Å². The highest BCUT2D eigenvalue weighted by molar-refractivity contribution is 9.10. The molecule has 0 radical (unpaired) electrons. The average Bonchev–Trinajstić information content (AvgIpc) is 2.53. The van der Waals surface area contributed by atoms with Crippen molar-refractivity contribution in [3.63, 3.8) is 0 Å². The van der Waals surface area contributed by atoms with Gasteiger partial charge in [-0.05, 0) is 28.1 Å². The number of nitrogens with zero attached hydrogens (tertiary/aromatic N) is 2. The van der Waals surface area contributed by atoms with Crippen molar-refractivity contribution in [1.82, 2.24) is 9.38 Å². The lowest BCUT2D eigenvalue weighted by molar-refractivity contribution is 0.0689. The molecular formula is C8H5BrN2O2. The number of halogens is 1. The number of carboxylic acids is 1. The summed E-state index contributed by atoms with van der Waals surface area (Å²) < 4.78 is 2.30. The molecule has 2 heterocycles. The van der Waals surface area contributed by atoms with E-state index in [2.05, 4.69) is 20.9 Å². The molecule has 0 fully saturated rings. The highest BCUT2D eigenvalue weighted by atomic mass is 79.9. The Morgan fingerprint density at radius 1 is 1.54 bits per heavy atom. The van der Waals surface area contributed by atoms with Crippen LogP contribution < -0.4 is 0 Å². The minimum absolute atomic E-state index is 0.204. The van der Waals surface area contributed by atoms with Gasteiger partial charge in [-0.2, -0.15) is 0 Å². The standard InChI is InChI=1S/C8H5BrN2O2/c9-5-1-2-6(8(12)13)11-4-3-10-7(5)11/h1-4H,(H,12,13). The number of imidazole rings is 1. The van der Waals surface area contributed by atoms with Crippen LogP contribution in [0.2, 0.25) is 0 Å². The van der Waals surface area contributed by atoms with Gasteiger partial charge < -0.3 is 5.11 Å². The normalized spacial score (nSPS) is 10.5. The van der Waals surface area contributed by atoms with Gasteiger partial charge in [-0.1, -0.05) is 0 Å². The molecule has 0 atom stereocenters. The van der Waals surface area contributed by atoms with Gasteiger partial charge in [-0.3, -0.25) is 4.40 Å². The van der Waals surface area contributed by atoms with Gasteiger partial charge in [0.2, 0.25) is 0 Å². The third-order valence-electron chi connectivity index (χ3n) is 1.72. The number of fused-ring (bicyclic) bond motifs is 1. The van der Waals surface area contributed by atoms with Gasteiger partial charge in [-0.25, -0.2) is 9.78 Å². The first-order chi connectivity index (χ1) is 6.20. The number of hydrogen-bond acceptors (Lipinski definition) is 2. The first-order valence-corrected chi connectivity index (χ1v) is 4.34. The van der Waals surface area contributed by atoms with E-state index in [-0.39, 0.29) is 5.69 Å². The molecule has 0 spiro atoms. The maximum absolute atomic E-state index is 10.8. The van der Waals surface area contributed by atoms with Gasteiger partial charge in [0.25, 0.3) is 0 Å². The molecule has 0 saturated carbocycles. The molecule has 13 heavy (non-hydrogen) atoms. The summed E-state index contributed by atoms with van der Waals surface area (Å²) in [5.41, 5.74) is 0.815. The number of rotatable bonds is 1. The molecule has 66 valence electrons. The maximum Gasteiger partial charge on any atom is 0.352 e. The number of carbonyl (C=O) groups is 1. The largest absolute Gasteiger partial charge is 0.477 e. The summed E-state index contributed by atoms with van der Waals surface area (Å²) in [4.78, 5) is 14.8. The summed E-state index contributed by atoms with van der Waals surface area (Å²) in [6.07, 6.45) is 3.18. The van der Waals surface area contributed by atoms with Crippen LogP contribution in [0, 0.1) is 0 Å². The van der Waals surface area contributed by atoms with E-state index in [0.717, 1.165) is 4.47 Å². The Bertz CT molecular complexity index is 478. The third kappa shape index (κ3) is 1.21. The minimum Gasteiger partial charge on any atom is -0.477 e. The van der Waals surface area contributed by atoms with E-state index >= 15 is 0 Å². The zero-order chi connectivity index (χ0) is 9.42. The van der Waals surface area contributed by atoms with Crippen LogP contribution in [0.15, 0.2) is 29.0 Å². The topological polar surface area (TPSA) is 54.6 Å². The zero-order valence-corrected chi connectivity index (χ0v) is 8.02. The SMILES string of the molecule is O=C(O)c1ccc(Br)c2nccn12. The molecule has 0 aliphatic rings. The fourth-order valence-electron chi connectivity index (χ4n) is 1.16. The van der Waals surface area contributed by atoms with Gasteiger partial charge in [0.1, 0.15) is 5.69 Å². The maximum atomic E-state index is 10.8. The Kier molecular flexibility index (Phi) is 1.81. The van der Waals surface area contributed by atoms with Crippen molar-refractivity contribution in [3.8, 4) is 0 Å². The van der Waals surface area contributed by atoms with E-state index in [1.807, 2.05) is 0 Å². The Morgan fingerprint density at radius 2 is 2.31 bits per heavy atom. The molecule has 4 nitrogen and oxygen atoms in total. The smallest absolute Gasteiger partial charge is 0.352 e. The van der Waals surface area contributed by atoms with E-state index in [1.165, 1.54) is 10.5 Å². The number of aromatic nitrogens is 2. The highest BCUT2D eigenvalue weighted by Gasteiger charge is 2.09. The molecule has 0 aliphatic heterocycles. The molecule has 2 aromatic rings. The predicted octanol–water partition coefficient (Wildman–Crippen LogP) is 1.79. The minimum atomic E-state index is -0.963. The monoisotopic (exact) mass is 240 g/mol. The van der Waals surface area contributed by atoms with Crippen LogP contribution in [0.1, 0.15) is 10.5 Å². The van der Waals surface area contributed by atoms with E-state index in [4.69, 9.17) is 5.11 Å². The van der Waals surface area contributed by atoms with Crippen LogP contribution in [-0.4, -0.2) is 20.5 Å². The Hall–Kier alpha value is -1.36. The molecule has 0 saturated heterocycles. The second-order valence-electron chi connectivity index (χ2n) is 2.49. The van der Waals surface area contributed by atoms with Gasteiger partial charge in [-0.15, -0.1) is 0 Å². The van der Waals surface area contributed by atoms with Crippen molar-refractivity contribution in [2.45, 2.75) is 0 Å². The Morgan fingerprint density at radius 3 is 3.00 bits per heavy atom. The molecule has 2 rings (SSSR count). The van der Waals surface area contributed by atoms with Crippen molar-refractivity contribution in [1.29, 1.82) is 0 Å². The van der Waals surface area contributed by atoms with Crippen LogP contribution >= 0.6 is 15.9 Å². The summed E-state index contributed by atoms with van der Waals surface area (Å²) in [6, 6.07) is 3.20. The summed E-state index contributed by atoms with van der Waals surface area (Å²) >= 11 is 3.28. The van der Waals surface area contributed by atoms with Gasteiger partial charge in [0.05, 0.1) is 4.47 Å². The summed E-state index contributed by atoms with van der Waals surface area (Å²) in [5, 5.41) is 8.83. The summed E-state index contributed by atoms with van der Waals surface area (Å²) in [7, 11) is 0. The second-order valence-corrected chi connectivity index (χ2v) is 3.35. The number of pyridine rings is 1. The third-order valence-corrected chi connectivity index (χ3v) is 2.34. The van der Waals surface area contributed by atoms with Crippen molar-refractivity contribution >= 4 is 27.5 Å². The fraction of sp³-hybridized carbons (Fsp3) is 0. The molecule has 0 aromatic carbocycles. The summed E-state index contributed by atoms with van der Waals surface area (Å²) in [5.74, 6) is -0.963. The first-order valence-electron chi connectivity index (χ1n) is 3.55. The fourth-order valence-corrected chi connectivity index (χ4v) is 1.58. The number of aromatic carboxylic acids is 1. The lowest BCUT2D eigenvalue weighted by Gasteiger charge is -2.00. The van der Waals surface area contributed by atoms with Crippen LogP contribution in [-0.2, 0) is 0 Å². The highest BCUT2D eigenvalue weighted by Crippen LogP contribution is 2.17. The number of hydrogen-bond donors (Lipinski definition) is 1. The zero-order valence-electron chi connectivity index (χ0n) is 6.44.